The van der Waals surface area contributed by atoms with E-state index in [9.17, 15) is 22.5 Å². The van der Waals surface area contributed by atoms with Gasteiger partial charge in [0, 0.05) is 47.8 Å². The summed E-state index contributed by atoms with van der Waals surface area (Å²) in [6.45, 7) is 0. The first-order chi connectivity index (χ1) is 13.5. The summed E-state index contributed by atoms with van der Waals surface area (Å²) in [7, 11) is 3.69. The predicted octanol–water partition coefficient (Wildman–Crippen LogP) is 4.61. The topological polar surface area (TPSA) is 77.8 Å². The number of hydrogen-bond acceptors (Lipinski definition) is 5. The molecule has 1 amide bonds. The van der Waals surface area contributed by atoms with Gasteiger partial charge in [-0.25, -0.2) is 0 Å². The van der Waals surface area contributed by atoms with Crippen molar-refractivity contribution in [3.63, 3.8) is 0 Å². The van der Waals surface area contributed by atoms with Crippen LogP contribution in [0.5, 0.6) is 5.75 Å². The van der Waals surface area contributed by atoms with Gasteiger partial charge >= 0.3 is 12.3 Å². The molecule has 0 aliphatic rings. The molecular weight excluding hydrogens is 477 g/mol. The molecule has 0 fully saturated rings. The molecule has 154 valence electrons. The average Bonchev–Trinajstić information content (AvgIpc) is 3.03. The number of hydrogen-bond donors (Lipinski definition) is 1. The van der Waals surface area contributed by atoms with Crippen LogP contribution in [0.15, 0.2) is 56.2 Å². The van der Waals surface area contributed by atoms with E-state index in [1.54, 1.807) is 12.1 Å². The fourth-order valence-corrected chi connectivity index (χ4v) is 3.63. The van der Waals surface area contributed by atoms with Gasteiger partial charge in [0.2, 0.25) is 4.90 Å². The molecule has 3 rings (SSSR count). The van der Waals surface area contributed by atoms with E-state index in [-0.39, 0.29) is 15.1 Å². The molecule has 29 heavy (non-hydrogen) atoms. The van der Waals surface area contributed by atoms with E-state index in [1.165, 1.54) is 12.1 Å². The Kier molecular flexibility index (Phi) is 6.01. The van der Waals surface area contributed by atoms with E-state index >= 15 is 0 Å². The number of rotatable bonds is 5. The summed E-state index contributed by atoms with van der Waals surface area (Å²) in [4.78, 5) is 13.9. The number of carbonyl (C=O) groups is 1. The molecule has 1 heterocycles. The van der Waals surface area contributed by atoms with E-state index in [2.05, 4.69) is 25.4 Å². The maximum atomic E-state index is 12.6. The Bertz CT molecular complexity index is 1060. The van der Waals surface area contributed by atoms with Gasteiger partial charge in [-0.2, -0.15) is 4.72 Å². The minimum Gasteiger partial charge on any atom is -0.588 e. The maximum absolute atomic E-state index is 12.6. The lowest BCUT2D eigenvalue weighted by Crippen LogP contribution is -2.31. The fraction of sp³-hybridized carbons (Fsp3) is 0.167. The van der Waals surface area contributed by atoms with Crippen LogP contribution in [-0.4, -0.2) is 30.9 Å². The van der Waals surface area contributed by atoms with Gasteiger partial charge in [-0.1, -0.05) is 15.9 Å². The molecule has 0 saturated carbocycles. The lowest BCUT2D eigenvalue weighted by molar-refractivity contribution is -0.275. The molecule has 1 unspecified atom stereocenters. The molecule has 1 N–H and O–H groups in total. The van der Waals surface area contributed by atoms with Crippen molar-refractivity contribution in [2.24, 2.45) is 0 Å². The van der Waals surface area contributed by atoms with Crippen LogP contribution in [0.4, 0.5) is 18.9 Å². The molecule has 0 radical (unpaired) electrons. The van der Waals surface area contributed by atoms with Crippen LogP contribution in [0.1, 0.15) is 10.6 Å². The number of nitrogens with zero attached hydrogens (tertiary/aromatic N) is 1. The van der Waals surface area contributed by atoms with E-state index in [4.69, 9.17) is 4.42 Å². The number of benzene rings is 2. The van der Waals surface area contributed by atoms with E-state index < -0.39 is 29.4 Å². The van der Waals surface area contributed by atoms with Crippen LogP contribution in [0.25, 0.3) is 11.0 Å². The molecule has 0 aliphatic heterocycles. The van der Waals surface area contributed by atoms with Crippen LogP contribution in [0.2, 0.25) is 0 Å². The van der Waals surface area contributed by atoms with Gasteiger partial charge in [0.1, 0.15) is 16.9 Å². The Morgan fingerprint density at radius 2 is 1.93 bits per heavy atom. The van der Waals surface area contributed by atoms with Gasteiger partial charge in [-0.3, -0.25) is 4.79 Å². The number of halogens is 4. The highest BCUT2D eigenvalue weighted by Gasteiger charge is 2.35. The second-order valence-electron chi connectivity index (χ2n) is 6.07. The van der Waals surface area contributed by atoms with Gasteiger partial charge in [0.05, 0.1) is 0 Å². The monoisotopic (exact) mass is 490 g/mol. The fourth-order valence-electron chi connectivity index (χ4n) is 2.44. The van der Waals surface area contributed by atoms with Crippen LogP contribution in [-0.2, 0) is 11.4 Å². The van der Waals surface area contributed by atoms with Crippen LogP contribution in [0.3, 0.4) is 0 Å². The lowest BCUT2D eigenvalue weighted by Gasteiger charge is -2.15. The van der Waals surface area contributed by atoms with Gasteiger partial charge in [-0.05, 0) is 24.3 Å². The highest BCUT2D eigenvalue weighted by molar-refractivity contribution is 9.10. The zero-order chi connectivity index (χ0) is 21.3. The summed E-state index contributed by atoms with van der Waals surface area (Å²) in [5, 5.41) is 0.649. The van der Waals surface area contributed by atoms with Crippen molar-refractivity contribution in [1.29, 1.82) is 0 Å². The Hall–Kier alpha value is -2.37. The quantitative estimate of drug-likeness (QED) is 0.528. The summed E-state index contributed by atoms with van der Waals surface area (Å²) < 4.78 is 62.1. The van der Waals surface area contributed by atoms with Gasteiger partial charge < -0.3 is 18.6 Å². The number of amides is 1. The molecule has 0 spiro atoms. The van der Waals surface area contributed by atoms with E-state index in [0.29, 0.717) is 11.0 Å². The standard InChI is InChI=1S/C18H14BrF3N2O4S/c1-24(2)12-5-3-10-7-15(27-13(10)9-12)17(25)23-29(26)16-6-4-11(19)8-14(16)28-18(20,21)22/h3-9H,1-2H3,(H,23,25). The molecule has 1 atom stereocenters. The average molecular weight is 491 g/mol. The Morgan fingerprint density at radius 1 is 1.21 bits per heavy atom. The zero-order valence-corrected chi connectivity index (χ0v) is 17.4. The van der Waals surface area contributed by atoms with E-state index in [1.807, 2.05) is 25.1 Å². The zero-order valence-electron chi connectivity index (χ0n) is 15.0. The van der Waals surface area contributed by atoms with Gasteiger partial charge in [-0.15, -0.1) is 13.2 Å². The first kappa shape index (κ1) is 21.3. The van der Waals surface area contributed by atoms with Crippen LogP contribution in [0, 0.1) is 0 Å². The van der Waals surface area contributed by atoms with Crippen molar-refractivity contribution in [2.45, 2.75) is 11.3 Å². The number of carbonyl (C=O) groups excluding carboxylic acids is 1. The smallest absolute Gasteiger partial charge is 0.573 e. The van der Waals surface area contributed by atoms with Crippen LogP contribution < -0.4 is 14.4 Å². The summed E-state index contributed by atoms with van der Waals surface area (Å²) in [6, 6.07) is 10.3. The minimum atomic E-state index is -4.98. The molecule has 0 saturated heterocycles. The van der Waals surface area contributed by atoms with Crippen molar-refractivity contribution in [2.75, 3.05) is 19.0 Å². The first-order valence-electron chi connectivity index (χ1n) is 8.02. The SMILES string of the molecule is CN(C)c1ccc2cc(C(=O)N[S+]([O-])c3ccc(Br)cc3OC(F)(F)F)oc2c1. The Balaban J connectivity index is 1.83. The number of ether oxygens (including phenoxy) is 1. The number of nitrogens with one attached hydrogen (secondary N) is 1. The summed E-state index contributed by atoms with van der Waals surface area (Å²) in [5.41, 5.74) is 1.29. The molecule has 0 aliphatic carbocycles. The molecular formula is C18H14BrF3N2O4S. The number of anilines is 1. The second kappa shape index (κ2) is 8.17. The summed E-state index contributed by atoms with van der Waals surface area (Å²) in [5.74, 6) is -1.66. The summed E-state index contributed by atoms with van der Waals surface area (Å²) in [6.07, 6.45) is -4.98. The maximum Gasteiger partial charge on any atom is 0.573 e. The predicted molar refractivity (Wildman–Crippen MR) is 105 cm³/mol. The summed E-state index contributed by atoms with van der Waals surface area (Å²) >= 11 is 0.708. The van der Waals surface area contributed by atoms with E-state index in [0.717, 1.165) is 17.8 Å². The normalized spacial score (nSPS) is 12.7. The number of fused-ring (bicyclic) bond motifs is 1. The first-order valence-corrected chi connectivity index (χ1v) is 9.97. The molecule has 2 aromatic carbocycles. The molecule has 6 nitrogen and oxygen atoms in total. The third-order valence-corrected chi connectivity index (χ3v) is 5.36. The largest absolute Gasteiger partial charge is 0.588 e. The second-order valence-corrected chi connectivity index (χ2v) is 8.16. The number of furan rings is 1. The van der Waals surface area contributed by atoms with Crippen molar-refractivity contribution >= 4 is 49.9 Å². The molecule has 11 heteroatoms. The minimum absolute atomic E-state index is 0.125. The van der Waals surface area contributed by atoms with Crippen molar-refractivity contribution < 1.29 is 31.7 Å². The molecule has 0 bridgehead atoms. The molecule has 1 aromatic heterocycles. The van der Waals surface area contributed by atoms with Crippen molar-refractivity contribution in [1.82, 2.24) is 4.72 Å². The Morgan fingerprint density at radius 3 is 2.59 bits per heavy atom. The van der Waals surface area contributed by atoms with Crippen molar-refractivity contribution in [3.8, 4) is 5.75 Å². The van der Waals surface area contributed by atoms with Crippen molar-refractivity contribution in [3.05, 3.63) is 52.7 Å². The highest BCUT2D eigenvalue weighted by Crippen LogP contribution is 2.32. The lowest BCUT2D eigenvalue weighted by atomic mass is 10.2. The highest BCUT2D eigenvalue weighted by atomic mass is 79.9. The number of alkyl halides is 3. The van der Waals surface area contributed by atoms with Gasteiger partial charge in [0.25, 0.3) is 0 Å². The third kappa shape index (κ3) is 5.17. The third-order valence-electron chi connectivity index (χ3n) is 3.76. The van der Waals surface area contributed by atoms with Crippen LogP contribution >= 0.6 is 15.9 Å². The Labute approximate surface area is 175 Å². The van der Waals surface area contributed by atoms with Gasteiger partial charge in [0.15, 0.2) is 11.5 Å². The molecule has 3 aromatic rings.